The predicted octanol–water partition coefficient (Wildman–Crippen LogP) is 10.8. The van der Waals surface area contributed by atoms with Gasteiger partial charge in [-0.1, -0.05) is 97.9 Å². The molecule has 0 heterocycles. The molecule has 0 aliphatic rings. The molecule has 0 aliphatic heterocycles. The maximum absolute atomic E-state index is 11.3. The Hall–Kier alpha value is -3.72. The van der Waals surface area contributed by atoms with Crippen LogP contribution in [0.15, 0.2) is 91.0 Å². The van der Waals surface area contributed by atoms with E-state index in [0.29, 0.717) is 17.7 Å². The zero-order valence-electron chi connectivity index (χ0n) is 27.8. The lowest BCUT2D eigenvalue weighted by Gasteiger charge is -2.34. The van der Waals surface area contributed by atoms with Gasteiger partial charge < -0.3 is 15.3 Å². The molecule has 4 aromatic carbocycles. The smallest absolute Gasteiger partial charge is 0.123 e. The Balaban J connectivity index is 1.57. The fraction of sp³-hybridized carbons (Fsp3) is 0.400. The summed E-state index contributed by atoms with van der Waals surface area (Å²) >= 11 is 0. The number of hydrogen-bond donors (Lipinski definition) is 2. The second kappa shape index (κ2) is 13.3. The van der Waals surface area contributed by atoms with Crippen molar-refractivity contribution in [2.24, 2.45) is 5.92 Å². The van der Waals surface area contributed by atoms with E-state index >= 15 is 0 Å². The van der Waals surface area contributed by atoms with Crippen LogP contribution in [0.4, 0.5) is 17.1 Å². The van der Waals surface area contributed by atoms with Crippen molar-refractivity contribution >= 4 is 17.1 Å². The Morgan fingerprint density at radius 1 is 0.651 bits per heavy atom. The van der Waals surface area contributed by atoms with Gasteiger partial charge in [0, 0.05) is 29.6 Å². The number of hydrogen-bond acceptors (Lipinski definition) is 3. The van der Waals surface area contributed by atoms with Crippen LogP contribution in [0.5, 0.6) is 5.75 Å². The van der Waals surface area contributed by atoms with E-state index in [4.69, 9.17) is 0 Å². The lowest BCUT2D eigenvalue weighted by molar-refractivity contribution is 0.422. The maximum atomic E-state index is 11.3. The van der Waals surface area contributed by atoms with Gasteiger partial charge in [-0.2, -0.15) is 0 Å². The SMILES string of the molecule is CC(C)CC(C)N(Cc1cc(C(C)(C)C)c(O)c(C(C)(C)C)c1)c1ccc(Nc2ccc(Cc3ccccc3)cc2)cc1. The zero-order valence-corrected chi connectivity index (χ0v) is 27.8. The van der Waals surface area contributed by atoms with Gasteiger partial charge in [0.25, 0.3) is 0 Å². The molecule has 0 aromatic heterocycles. The molecule has 0 spiro atoms. The van der Waals surface area contributed by atoms with Gasteiger partial charge >= 0.3 is 0 Å². The average molecular weight is 577 g/mol. The van der Waals surface area contributed by atoms with Crippen LogP contribution in [0.3, 0.4) is 0 Å². The quantitative estimate of drug-likeness (QED) is 0.197. The number of nitrogens with one attached hydrogen (secondary N) is 1. The summed E-state index contributed by atoms with van der Waals surface area (Å²) in [6.45, 7) is 20.8. The topological polar surface area (TPSA) is 35.5 Å². The summed E-state index contributed by atoms with van der Waals surface area (Å²) in [6.07, 6.45) is 2.04. The Labute approximate surface area is 261 Å². The van der Waals surface area contributed by atoms with Crippen LogP contribution >= 0.6 is 0 Å². The number of anilines is 3. The first-order chi connectivity index (χ1) is 20.2. The van der Waals surface area contributed by atoms with E-state index < -0.39 is 0 Å². The number of phenolic OH excluding ortho intramolecular Hbond substituents is 1. The van der Waals surface area contributed by atoms with Crippen LogP contribution in [0, 0.1) is 5.92 Å². The molecule has 3 heteroatoms. The van der Waals surface area contributed by atoms with Crippen molar-refractivity contribution in [1.82, 2.24) is 0 Å². The minimum Gasteiger partial charge on any atom is -0.507 e. The molecule has 4 rings (SSSR count). The number of benzene rings is 4. The second-order valence-corrected chi connectivity index (χ2v) is 14.7. The summed E-state index contributed by atoms with van der Waals surface area (Å²) in [5, 5.41) is 14.9. The summed E-state index contributed by atoms with van der Waals surface area (Å²) in [6, 6.07) is 33.0. The highest BCUT2D eigenvalue weighted by Gasteiger charge is 2.27. The Kier molecular flexibility index (Phi) is 9.95. The normalized spacial score (nSPS) is 12.8. The van der Waals surface area contributed by atoms with Crippen molar-refractivity contribution < 1.29 is 5.11 Å². The first-order valence-electron chi connectivity index (χ1n) is 15.8. The second-order valence-electron chi connectivity index (χ2n) is 14.7. The molecule has 0 aliphatic carbocycles. The lowest BCUT2D eigenvalue weighted by atomic mass is 9.78. The Morgan fingerprint density at radius 3 is 1.63 bits per heavy atom. The molecule has 43 heavy (non-hydrogen) atoms. The van der Waals surface area contributed by atoms with Crippen molar-refractivity contribution in [3.63, 3.8) is 0 Å². The molecule has 0 saturated heterocycles. The number of rotatable bonds is 10. The van der Waals surface area contributed by atoms with Crippen LogP contribution in [0.2, 0.25) is 0 Å². The third kappa shape index (κ3) is 8.66. The molecule has 0 fully saturated rings. The minimum atomic E-state index is -0.151. The fourth-order valence-corrected chi connectivity index (χ4v) is 5.88. The molecule has 2 N–H and O–H groups in total. The number of nitrogens with zero attached hydrogens (tertiary/aromatic N) is 1. The van der Waals surface area contributed by atoms with E-state index in [1.807, 2.05) is 0 Å². The fourth-order valence-electron chi connectivity index (χ4n) is 5.88. The molecule has 0 amide bonds. The van der Waals surface area contributed by atoms with E-state index in [0.717, 1.165) is 41.9 Å². The molecule has 0 bridgehead atoms. The molecular weight excluding hydrogens is 524 g/mol. The van der Waals surface area contributed by atoms with Crippen LogP contribution in [0.25, 0.3) is 0 Å². The first kappa shape index (κ1) is 32.2. The van der Waals surface area contributed by atoms with E-state index in [2.05, 4.69) is 164 Å². The summed E-state index contributed by atoms with van der Waals surface area (Å²) in [5.74, 6) is 1.03. The molecule has 228 valence electrons. The molecular formula is C40H52N2O. The van der Waals surface area contributed by atoms with Gasteiger partial charge in [-0.3, -0.25) is 0 Å². The van der Waals surface area contributed by atoms with Gasteiger partial charge in [0.1, 0.15) is 5.75 Å². The summed E-state index contributed by atoms with van der Waals surface area (Å²) in [7, 11) is 0. The summed E-state index contributed by atoms with van der Waals surface area (Å²) in [5.41, 5.74) is 8.96. The average Bonchev–Trinajstić information content (AvgIpc) is 2.93. The van der Waals surface area contributed by atoms with Gasteiger partial charge in [0.2, 0.25) is 0 Å². The zero-order chi connectivity index (χ0) is 31.4. The summed E-state index contributed by atoms with van der Waals surface area (Å²) in [4.78, 5) is 2.52. The third-order valence-corrected chi connectivity index (χ3v) is 8.18. The van der Waals surface area contributed by atoms with Crippen LogP contribution < -0.4 is 10.2 Å². The van der Waals surface area contributed by atoms with Crippen LogP contribution in [-0.4, -0.2) is 11.1 Å². The van der Waals surface area contributed by atoms with Gasteiger partial charge in [0.15, 0.2) is 0 Å². The molecule has 4 aromatic rings. The van der Waals surface area contributed by atoms with Crippen molar-refractivity contribution in [1.29, 1.82) is 0 Å². The Bertz CT molecular complexity index is 1420. The van der Waals surface area contributed by atoms with Gasteiger partial charge in [-0.05, 0) is 113 Å². The first-order valence-corrected chi connectivity index (χ1v) is 15.8. The number of phenols is 1. The van der Waals surface area contributed by atoms with Crippen LogP contribution in [-0.2, 0) is 23.8 Å². The standard InChI is InChI=1S/C40H52N2O/c1-28(2)23-29(3)42(27-32-25-36(39(4,5)6)38(43)37(26-32)40(7,8)9)35-21-19-34(20-22-35)41-33-17-15-31(16-18-33)24-30-13-11-10-12-14-30/h10-22,25-26,28-29,41,43H,23-24,27H2,1-9H3. The van der Waals surface area contributed by atoms with Crippen molar-refractivity contribution in [3.05, 3.63) is 119 Å². The predicted molar refractivity (Wildman–Crippen MR) is 186 cm³/mol. The van der Waals surface area contributed by atoms with Crippen LogP contribution in [0.1, 0.15) is 96.6 Å². The van der Waals surface area contributed by atoms with Gasteiger partial charge in [-0.15, -0.1) is 0 Å². The van der Waals surface area contributed by atoms with Crippen molar-refractivity contribution in [3.8, 4) is 5.75 Å². The molecule has 0 saturated carbocycles. The van der Waals surface area contributed by atoms with E-state index in [-0.39, 0.29) is 10.8 Å². The van der Waals surface area contributed by atoms with Crippen molar-refractivity contribution in [2.45, 2.75) is 98.6 Å². The molecule has 1 atom stereocenters. The molecule has 3 nitrogen and oxygen atoms in total. The van der Waals surface area contributed by atoms with Gasteiger partial charge in [0.05, 0.1) is 0 Å². The Morgan fingerprint density at radius 2 is 1.14 bits per heavy atom. The molecule has 1 unspecified atom stereocenters. The highest BCUT2D eigenvalue weighted by molar-refractivity contribution is 5.63. The van der Waals surface area contributed by atoms with E-state index in [1.54, 1.807) is 0 Å². The third-order valence-electron chi connectivity index (χ3n) is 8.18. The summed E-state index contributed by atoms with van der Waals surface area (Å²) < 4.78 is 0. The highest BCUT2D eigenvalue weighted by Crippen LogP contribution is 2.40. The largest absolute Gasteiger partial charge is 0.507 e. The van der Waals surface area contributed by atoms with Gasteiger partial charge in [-0.25, -0.2) is 0 Å². The van der Waals surface area contributed by atoms with E-state index in [9.17, 15) is 5.11 Å². The monoisotopic (exact) mass is 576 g/mol. The minimum absolute atomic E-state index is 0.151. The lowest BCUT2D eigenvalue weighted by Crippen LogP contribution is -2.34. The highest BCUT2D eigenvalue weighted by atomic mass is 16.3. The number of aromatic hydroxyl groups is 1. The van der Waals surface area contributed by atoms with Crippen molar-refractivity contribution in [2.75, 3.05) is 10.2 Å². The van der Waals surface area contributed by atoms with E-state index in [1.165, 1.54) is 22.4 Å². The molecule has 0 radical (unpaired) electrons. The maximum Gasteiger partial charge on any atom is 0.123 e.